The zero-order valence-electron chi connectivity index (χ0n) is 32.5. The van der Waals surface area contributed by atoms with E-state index in [4.69, 9.17) is 0 Å². The van der Waals surface area contributed by atoms with Gasteiger partial charge in [-0.05, 0) is 110 Å². The van der Waals surface area contributed by atoms with Gasteiger partial charge in [0.05, 0.1) is 36.4 Å². The van der Waals surface area contributed by atoms with E-state index in [1.165, 1.54) is 0 Å². The largest absolute Gasteiger partial charge is 0.508 e. The minimum atomic E-state index is -1.46. The number of fused-ring (bicyclic) bond motifs is 5. The lowest BCUT2D eigenvalue weighted by Gasteiger charge is -2.40. The summed E-state index contributed by atoms with van der Waals surface area (Å²) in [6.45, 7) is 3.23. The maximum absolute atomic E-state index is 12.4. The number of carbonyl (C=O) groups is 1. The highest BCUT2D eigenvalue weighted by molar-refractivity contribution is 5.66. The Hall–Kier alpha value is -3.53. The number of allylic oxidation sites excluding steroid dienone is 2. The highest BCUT2D eigenvalue weighted by Crippen LogP contribution is 2.40. The SMILES string of the molecule is CCCCC(O)C(O)C=CC1=C(CC(O)CO)C2NCC(C)(O)C(c3ccc(O)cc3CCO)C#CC(CC2CCCCCC(=O)O)c2ccccc2CC1. The van der Waals surface area contributed by atoms with Gasteiger partial charge in [-0.25, -0.2) is 0 Å². The van der Waals surface area contributed by atoms with Gasteiger partial charge >= 0.3 is 5.97 Å². The van der Waals surface area contributed by atoms with Crippen LogP contribution < -0.4 is 5.32 Å². The fourth-order valence-corrected chi connectivity index (χ4v) is 8.23. The third kappa shape index (κ3) is 12.7. The number of carboxylic acid groups (broad SMARTS) is 1. The molecule has 55 heavy (non-hydrogen) atoms. The van der Waals surface area contributed by atoms with E-state index in [0.29, 0.717) is 56.1 Å². The van der Waals surface area contributed by atoms with Gasteiger partial charge in [0.15, 0.2) is 0 Å². The van der Waals surface area contributed by atoms with Crippen molar-refractivity contribution in [2.24, 2.45) is 5.92 Å². The average molecular weight is 762 g/mol. The molecule has 0 spiro atoms. The maximum Gasteiger partial charge on any atom is 0.303 e. The number of aliphatic hydroxyl groups excluding tert-OH is 5. The van der Waals surface area contributed by atoms with Crippen molar-refractivity contribution < 1.29 is 45.6 Å². The predicted molar refractivity (Wildman–Crippen MR) is 214 cm³/mol. The summed E-state index contributed by atoms with van der Waals surface area (Å²) >= 11 is 0. The highest BCUT2D eigenvalue weighted by atomic mass is 16.4. The number of hydrogen-bond donors (Lipinski definition) is 9. The van der Waals surface area contributed by atoms with E-state index in [1.807, 2.05) is 25.1 Å². The number of phenols is 1. The standard InChI is InChI=1S/C45H63NO9/c1-3-4-13-41(51)42(52)22-18-31-16-15-30-10-8-9-12-37(30)32-17-21-40(38-20-19-35(49)26-33(38)23-24-47)45(2,55)29-46-44(39(31)27-36(50)28-48)34(25-32)11-6-5-7-14-43(53)54/h8-10,12,18-20,22,26,32,34,36,40-42,44,46-52,55H,3-7,11,13-16,23-25,27-29H2,1-2H3,(H,53,54). The van der Waals surface area contributed by atoms with E-state index in [0.717, 1.165) is 41.5 Å². The van der Waals surface area contributed by atoms with Crippen LogP contribution in [0.1, 0.15) is 119 Å². The minimum Gasteiger partial charge on any atom is -0.508 e. The van der Waals surface area contributed by atoms with Crippen molar-refractivity contribution in [3.8, 4) is 17.6 Å². The summed E-state index contributed by atoms with van der Waals surface area (Å²) in [6, 6.07) is 12.7. The molecule has 2 bridgehead atoms. The van der Waals surface area contributed by atoms with Gasteiger partial charge in [0, 0.05) is 31.5 Å². The molecule has 4 rings (SSSR count). The van der Waals surface area contributed by atoms with Crippen LogP contribution in [0.3, 0.4) is 0 Å². The van der Waals surface area contributed by atoms with Crippen LogP contribution in [0, 0.1) is 17.8 Å². The van der Waals surface area contributed by atoms with Crippen LogP contribution in [-0.4, -0.2) is 96.5 Å². The summed E-state index contributed by atoms with van der Waals surface area (Å²) in [5.41, 5.74) is 3.81. The average Bonchev–Trinajstić information content (AvgIpc) is 3.15. The zero-order valence-corrected chi connectivity index (χ0v) is 32.5. The van der Waals surface area contributed by atoms with Gasteiger partial charge in [0.2, 0.25) is 0 Å². The molecule has 0 fully saturated rings. The second kappa shape index (κ2) is 21.7. The first-order chi connectivity index (χ1) is 26.4. The maximum atomic E-state index is 12.4. The Morgan fingerprint density at radius 2 is 1.80 bits per heavy atom. The summed E-state index contributed by atoms with van der Waals surface area (Å²) < 4.78 is 0. The van der Waals surface area contributed by atoms with Gasteiger partial charge in [-0.3, -0.25) is 4.79 Å². The summed E-state index contributed by atoms with van der Waals surface area (Å²) in [6.07, 6.45) is 7.45. The van der Waals surface area contributed by atoms with E-state index >= 15 is 0 Å². The van der Waals surface area contributed by atoms with Crippen LogP contribution in [0.5, 0.6) is 5.75 Å². The molecule has 2 aromatic carbocycles. The van der Waals surface area contributed by atoms with Gasteiger partial charge < -0.3 is 46.2 Å². The number of β-amino-alcohol motifs (C(OH)–C–C–N with tert-alkyl or cyclic N) is 1. The number of carboxylic acids is 1. The Bertz CT molecular complexity index is 1660. The molecule has 10 nitrogen and oxygen atoms in total. The van der Waals surface area contributed by atoms with Crippen molar-refractivity contribution in [1.29, 1.82) is 0 Å². The quantitative estimate of drug-likeness (QED) is 0.0737. The first-order valence-electron chi connectivity index (χ1n) is 20.1. The van der Waals surface area contributed by atoms with Crippen LogP contribution in [0.2, 0.25) is 0 Å². The van der Waals surface area contributed by atoms with Crippen LogP contribution >= 0.6 is 0 Å². The van der Waals surface area contributed by atoms with E-state index < -0.39 is 48.4 Å². The number of aliphatic hydroxyl groups is 6. The Balaban J connectivity index is 1.95. The molecular formula is C45H63NO9. The van der Waals surface area contributed by atoms with E-state index in [-0.39, 0.29) is 50.0 Å². The third-order valence-electron chi connectivity index (χ3n) is 11.3. The molecule has 10 heteroatoms. The number of unbranched alkanes of at least 4 members (excludes halogenated alkanes) is 3. The Morgan fingerprint density at radius 3 is 2.53 bits per heavy atom. The van der Waals surface area contributed by atoms with Crippen molar-refractivity contribution in [3.63, 3.8) is 0 Å². The predicted octanol–water partition coefficient (Wildman–Crippen LogP) is 5.02. The third-order valence-corrected chi connectivity index (χ3v) is 11.3. The van der Waals surface area contributed by atoms with Gasteiger partial charge in [0.1, 0.15) is 5.75 Å². The van der Waals surface area contributed by atoms with Crippen molar-refractivity contribution in [2.45, 2.75) is 139 Å². The molecule has 0 aromatic heterocycles. The Kier molecular flexibility index (Phi) is 17.4. The van der Waals surface area contributed by atoms with Gasteiger partial charge in [0.25, 0.3) is 0 Å². The summed E-state index contributed by atoms with van der Waals surface area (Å²) in [5, 5.41) is 88.7. The lowest BCUT2D eigenvalue weighted by atomic mass is 9.73. The number of aliphatic carboxylic acids is 1. The first-order valence-corrected chi connectivity index (χ1v) is 20.1. The lowest BCUT2D eigenvalue weighted by Crippen LogP contribution is -2.50. The molecule has 2 aliphatic rings. The number of rotatable bonds is 18. The lowest BCUT2D eigenvalue weighted by molar-refractivity contribution is -0.137. The van der Waals surface area contributed by atoms with Crippen LogP contribution in [0.15, 0.2) is 65.8 Å². The zero-order chi connectivity index (χ0) is 40.0. The number of hydrogen-bond acceptors (Lipinski definition) is 9. The van der Waals surface area contributed by atoms with Crippen molar-refractivity contribution in [1.82, 2.24) is 5.32 Å². The molecular weight excluding hydrogens is 698 g/mol. The smallest absolute Gasteiger partial charge is 0.303 e. The number of phenolic OH excluding ortho intramolecular Hbond substituents is 1. The van der Waals surface area contributed by atoms with Gasteiger partial charge in [-0.15, -0.1) is 0 Å². The van der Waals surface area contributed by atoms with Crippen LogP contribution in [-0.2, 0) is 17.6 Å². The fourth-order valence-electron chi connectivity index (χ4n) is 8.23. The monoisotopic (exact) mass is 761 g/mol. The van der Waals surface area contributed by atoms with Crippen LogP contribution in [0.25, 0.3) is 0 Å². The Labute approximate surface area is 326 Å². The number of nitrogens with one attached hydrogen (secondary N) is 1. The molecule has 8 unspecified atom stereocenters. The highest BCUT2D eigenvalue weighted by Gasteiger charge is 2.38. The van der Waals surface area contributed by atoms with E-state index in [1.54, 1.807) is 31.2 Å². The molecule has 0 saturated carbocycles. The Morgan fingerprint density at radius 1 is 1.02 bits per heavy atom. The summed E-state index contributed by atoms with van der Waals surface area (Å²) in [4.78, 5) is 11.3. The molecule has 1 aliphatic heterocycles. The van der Waals surface area contributed by atoms with Gasteiger partial charge in [-0.2, -0.15) is 0 Å². The number of benzene rings is 2. The second-order valence-corrected chi connectivity index (χ2v) is 15.7. The molecule has 1 heterocycles. The molecule has 8 atom stereocenters. The second-order valence-electron chi connectivity index (χ2n) is 15.7. The summed E-state index contributed by atoms with van der Waals surface area (Å²) in [7, 11) is 0. The molecule has 0 radical (unpaired) electrons. The minimum absolute atomic E-state index is 0.0544. The number of aromatic hydroxyl groups is 1. The normalized spacial score (nSPS) is 24.8. The van der Waals surface area contributed by atoms with Crippen LogP contribution in [0.4, 0.5) is 0 Å². The molecule has 0 amide bonds. The van der Waals surface area contributed by atoms with Crippen molar-refractivity contribution in [3.05, 3.63) is 88.0 Å². The topological polar surface area (TPSA) is 191 Å². The van der Waals surface area contributed by atoms with E-state index in [2.05, 4.69) is 29.3 Å². The molecule has 0 saturated heterocycles. The molecule has 1 aliphatic carbocycles. The van der Waals surface area contributed by atoms with Gasteiger partial charge in [-0.1, -0.05) is 86.9 Å². The van der Waals surface area contributed by atoms with Crippen molar-refractivity contribution in [2.75, 3.05) is 19.8 Å². The molecule has 9 N–H and O–H groups in total. The number of aryl methyl sites for hydroxylation is 1. The fraction of sp³-hybridized carbons (Fsp3) is 0.578. The molecule has 302 valence electrons. The van der Waals surface area contributed by atoms with Crippen molar-refractivity contribution >= 4 is 5.97 Å². The molecule has 2 aromatic rings. The summed E-state index contributed by atoms with van der Waals surface area (Å²) in [5.74, 6) is 5.26. The van der Waals surface area contributed by atoms with E-state index in [9.17, 15) is 45.6 Å². The first kappa shape index (κ1) is 44.2.